The topological polar surface area (TPSA) is 127 Å². The average Bonchev–Trinajstić information content (AvgIpc) is 3.52. The van der Waals surface area contributed by atoms with E-state index in [2.05, 4.69) is 38.0 Å². The van der Waals surface area contributed by atoms with Gasteiger partial charge < -0.3 is 31.4 Å². The normalized spacial score (nSPS) is 24.8. The van der Waals surface area contributed by atoms with Crippen molar-refractivity contribution in [1.82, 2.24) is 25.7 Å². The summed E-state index contributed by atoms with van der Waals surface area (Å²) >= 11 is 0. The fourth-order valence-corrected chi connectivity index (χ4v) is 3.88. The maximum atomic E-state index is 10.3. The van der Waals surface area contributed by atoms with Crippen LogP contribution in [0.1, 0.15) is 33.1 Å². The first-order chi connectivity index (χ1) is 15.4. The van der Waals surface area contributed by atoms with Gasteiger partial charge in [0.1, 0.15) is 17.4 Å². The molecule has 0 aromatic carbocycles. The van der Waals surface area contributed by atoms with Crippen molar-refractivity contribution in [2.24, 2.45) is 22.6 Å². The Balaban J connectivity index is 1.50. The molecule has 10 nitrogen and oxygen atoms in total. The minimum absolute atomic E-state index is 0.182. The van der Waals surface area contributed by atoms with Crippen LogP contribution in [-0.4, -0.2) is 77.7 Å². The first-order valence-corrected chi connectivity index (χ1v) is 11.7. The van der Waals surface area contributed by atoms with Crippen molar-refractivity contribution in [3.63, 3.8) is 0 Å². The summed E-state index contributed by atoms with van der Waals surface area (Å²) in [4.78, 5) is 18.6. The molecule has 2 atom stereocenters. The molecule has 2 unspecified atom stereocenters. The van der Waals surface area contributed by atoms with Gasteiger partial charge in [0.05, 0.1) is 6.54 Å². The standard InChI is InChI=1S/C22H37N9O/c1-14(2)17(23)10-16(32)13-24-22-26-19(25-20-11-18(28-29-20)15-4-5-15)12-21(27-22)31-8-6-30(3)7-9-31/h10,12,14-15,17-18,28,32H,4-9,11,13,23H2,1-3H3,(H2,24,25,26,27,29)/b16-10-. The summed E-state index contributed by atoms with van der Waals surface area (Å²) in [5.41, 5.74) is 12.6. The van der Waals surface area contributed by atoms with Crippen LogP contribution < -0.4 is 26.8 Å². The fourth-order valence-electron chi connectivity index (χ4n) is 3.88. The summed E-state index contributed by atoms with van der Waals surface area (Å²) in [5, 5.41) is 13.4. The lowest BCUT2D eigenvalue weighted by molar-refractivity contribution is 0.312. The van der Waals surface area contributed by atoms with E-state index in [1.165, 1.54) is 12.8 Å². The second kappa shape index (κ2) is 10.0. The van der Waals surface area contributed by atoms with E-state index >= 15 is 0 Å². The van der Waals surface area contributed by atoms with Crippen molar-refractivity contribution >= 4 is 23.4 Å². The number of nitrogens with two attached hydrogens (primary N) is 1. The minimum atomic E-state index is -0.197. The van der Waals surface area contributed by atoms with Gasteiger partial charge in [0, 0.05) is 50.7 Å². The number of likely N-dealkylation sites (N-methyl/N-ethyl adjacent to an activating group) is 1. The molecule has 1 aliphatic carbocycles. The quantitative estimate of drug-likeness (QED) is 0.379. The highest BCUT2D eigenvalue weighted by atomic mass is 16.3. The molecule has 2 aliphatic heterocycles. The number of piperazine rings is 1. The molecular formula is C22H37N9O. The van der Waals surface area contributed by atoms with Gasteiger partial charge in [0.2, 0.25) is 5.95 Å². The number of hydrogen-bond donors (Lipinski definition) is 5. The zero-order chi connectivity index (χ0) is 22.7. The Morgan fingerprint density at radius 3 is 2.75 bits per heavy atom. The van der Waals surface area contributed by atoms with E-state index < -0.39 is 0 Å². The van der Waals surface area contributed by atoms with Crippen LogP contribution >= 0.6 is 0 Å². The van der Waals surface area contributed by atoms with Gasteiger partial charge in [0.15, 0.2) is 5.82 Å². The number of nitrogens with zero attached hydrogens (tertiary/aromatic N) is 5. The van der Waals surface area contributed by atoms with Crippen LogP contribution in [0.15, 0.2) is 22.9 Å². The van der Waals surface area contributed by atoms with Gasteiger partial charge in [-0.1, -0.05) is 13.8 Å². The number of aromatic nitrogens is 2. The number of hydrogen-bond acceptors (Lipinski definition) is 9. The summed E-state index contributed by atoms with van der Waals surface area (Å²) in [6, 6.07) is 2.20. The van der Waals surface area contributed by atoms with Gasteiger partial charge in [0.25, 0.3) is 0 Å². The van der Waals surface area contributed by atoms with E-state index in [1.54, 1.807) is 6.08 Å². The van der Waals surface area contributed by atoms with Crippen LogP contribution in [0.2, 0.25) is 0 Å². The number of nitrogens with one attached hydrogen (secondary N) is 3. The lowest BCUT2D eigenvalue weighted by atomic mass is 10.1. The van der Waals surface area contributed by atoms with Gasteiger partial charge in [-0.2, -0.15) is 9.97 Å². The van der Waals surface area contributed by atoms with Crippen LogP contribution in [-0.2, 0) is 0 Å². The Hall–Kier alpha value is -2.43. The summed E-state index contributed by atoms with van der Waals surface area (Å²) in [6.07, 6.45) is 5.14. The van der Waals surface area contributed by atoms with Crippen molar-refractivity contribution in [2.45, 2.75) is 45.2 Å². The number of aliphatic hydroxyl groups excluding tert-OH is 1. The highest BCUT2D eigenvalue weighted by molar-refractivity contribution is 5.86. The molecule has 10 heteroatoms. The number of aliphatic hydroxyl groups is 1. The molecule has 0 spiro atoms. The van der Waals surface area contributed by atoms with Crippen molar-refractivity contribution in [3.8, 4) is 0 Å². The predicted molar refractivity (Wildman–Crippen MR) is 128 cm³/mol. The molecule has 2 saturated heterocycles. The molecule has 176 valence electrons. The molecule has 0 radical (unpaired) electrons. The summed E-state index contributed by atoms with van der Waals surface area (Å²) < 4.78 is 0. The van der Waals surface area contributed by atoms with Crippen LogP contribution in [0.5, 0.6) is 0 Å². The van der Waals surface area contributed by atoms with Gasteiger partial charge in [-0.15, -0.1) is 0 Å². The Bertz CT molecular complexity index is 844. The molecule has 0 amide bonds. The van der Waals surface area contributed by atoms with Crippen molar-refractivity contribution in [1.29, 1.82) is 0 Å². The molecular weight excluding hydrogens is 406 g/mol. The molecule has 1 saturated carbocycles. The number of amidine groups is 1. The van der Waals surface area contributed by atoms with Gasteiger partial charge in [-0.05, 0) is 37.8 Å². The Labute approximate surface area is 190 Å². The first kappa shape index (κ1) is 22.8. The lowest BCUT2D eigenvalue weighted by Crippen LogP contribution is -2.44. The summed E-state index contributed by atoms with van der Waals surface area (Å²) in [7, 11) is 2.13. The maximum Gasteiger partial charge on any atom is 0.227 e. The van der Waals surface area contributed by atoms with Gasteiger partial charge >= 0.3 is 0 Å². The SMILES string of the molecule is CC(C)C(N)/C=C(\O)CNc1nc(/N=C2\CC(C3CC3)NN2)cc(N2CCN(C)CC2)n1. The molecule has 4 rings (SSSR count). The number of hydrazine groups is 1. The lowest BCUT2D eigenvalue weighted by Gasteiger charge is -2.33. The largest absolute Gasteiger partial charge is 0.511 e. The summed E-state index contributed by atoms with van der Waals surface area (Å²) in [6.45, 7) is 8.04. The van der Waals surface area contributed by atoms with Crippen LogP contribution in [0.4, 0.5) is 17.6 Å². The Morgan fingerprint density at radius 1 is 1.31 bits per heavy atom. The number of aliphatic imine (C=N–C) groups is 1. The van der Waals surface area contributed by atoms with Crippen molar-refractivity contribution < 1.29 is 5.11 Å². The Kier molecular flexibility index (Phi) is 7.12. The van der Waals surface area contributed by atoms with E-state index in [-0.39, 0.29) is 24.3 Å². The summed E-state index contributed by atoms with van der Waals surface area (Å²) in [5.74, 6) is 4.00. The monoisotopic (exact) mass is 443 g/mol. The van der Waals surface area contributed by atoms with E-state index in [0.717, 1.165) is 50.2 Å². The molecule has 3 heterocycles. The van der Waals surface area contributed by atoms with E-state index in [1.807, 2.05) is 19.9 Å². The molecule has 1 aromatic heterocycles. The maximum absolute atomic E-state index is 10.3. The zero-order valence-electron chi connectivity index (χ0n) is 19.4. The molecule has 0 bridgehead atoms. The van der Waals surface area contributed by atoms with Crippen molar-refractivity contribution in [3.05, 3.63) is 17.9 Å². The average molecular weight is 444 g/mol. The third kappa shape index (κ3) is 6.08. The first-order valence-electron chi connectivity index (χ1n) is 11.7. The number of rotatable bonds is 8. The minimum Gasteiger partial charge on any atom is -0.511 e. The second-order valence-electron chi connectivity index (χ2n) is 9.51. The molecule has 1 aromatic rings. The third-order valence-electron chi connectivity index (χ3n) is 6.36. The van der Waals surface area contributed by atoms with E-state index in [4.69, 9.17) is 15.7 Å². The second-order valence-corrected chi connectivity index (χ2v) is 9.51. The predicted octanol–water partition coefficient (Wildman–Crippen LogP) is 1.37. The third-order valence-corrected chi connectivity index (χ3v) is 6.36. The number of anilines is 2. The molecule has 3 fully saturated rings. The van der Waals surface area contributed by atoms with Crippen LogP contribution in [0.3, 0.4) is 0 Å². The van der Waals surface area contributed by atoms with E-state index in [0.29, 0.717) is 17.8 Å². The molecule has 3 aliphatic rings. The zero-order valence-corrected chi connectivity index (χ0v) is 19.4. The van der Waals surface area contributed by atoms with Crippen LogP contribution in [0.25, 0.3) is 0 Å². The van der Waals surface area contributed by atoms with Crippen molar-refractivity contribution in [2.75, 3.05) is 50.0 Å². The van der Waals surface area contributed by atoms with Gasteiger partial charge in [-0.3, -0.25) is 0 Å². The van der Waals surface area contributed by atoms with Gasteiger partial charge in [-0.25, -0.2) is 10.4 Å². The highest BCUT2D eigenvalue weighted by Crippen LogP contribution is 2.35. The smallest absolute Gasteiger partial charge is 0.227 e. The van der Waals surface area contributed by atoms with E-state index in [9.17, 15) is 5.11 Å². The molecule has 32 heavy (non-hydrogen) atoms. The fraction of sp³-hybridized carbons (Fsp3) is 0.682. The van der Waals surface area contributed by atoms with Crippen LogP contribution in [0, 0.1) is 11.8 Å². The Morgan fingerprint density at radius 2 is 2.06 bits per heavy atom. The highest BCUT2D eigenvalue weighted by Gasteiger charge is 2.35. The molecule has 6 N–H and O–H groups in total.